The SMILES string of the molecule is CS(=O)(=O)c1cncc(-c2ccn3nc(N)nc3c2)c1. The normalized spacial score (nSPS) is 11.8. The van der Waals surface area contributed by atoms with E-state index >= 15 is 0 Å². The minimum absolute atomic E-state index is 0.177. The molecule has 0 spiro atoms. The quantitative estimate of drug-likeness (QED) is 0.747. The molecule has 0 aliphatic heterocycles. The molecule has 2 N–H and O–H groups in total. The van der Waals surface area contributed by atoms with Crippen LogP contribution in [0.3, 0.4) is 0 Å². The summed E-state index contributed by atoms with van der Waals surface area (Å²) >= 11 is 0. The van der Waals surface area contributed by atoms with Gasteiger partial charge in [-0.1, -0.05) is 0 Å². The van der Waals surface area contributed by atoms with Crippen molar-refractivity contribution in [2.45, 2.75) is 4.90 Å². The Bertz CT molecular complexity index is 901. The predicted octanol–water partition coefficient (Wildman–Crippen LogP) is 0.777. The fourth-order valence-electron chi connectivity index (χ4n) is 1.86. The molecule has 3 aromatic heterocycles. The summed E-state index contributed by atoms with van der Waals surface area (Å²) in [7, 11) is -3.29. The fraction of sp³-hybridized carbons (Fsp3) is 0.0833. The van der Waals surface area contributed by atoms with Gasteiger partial charge in [-0.3, -0.25) is 4.98 Å². The van der Waals surface area contributed by atoms with E-state index in [1.165, 1.54) is 6.20 Å². The first kappa shape index (κ1) is 12.5. The van der Waals surface area contributed by atoms with Gasteiger partial charge in [0.05, 0.1) is 4.90 Å². The maximum Gasteiger partial charge on any atom is 0.240 e. The van der Waals surface area contributed by atoms with Crippen LogP contribution in [0.4, 0.5) is 5.95 Å². The lowest BCUT2D eigenvalue weighted by atomic mass is 10.1. The minimum atomic E-state index is -3.29. The van der Waals surface area contributed by atoms with Crippen LogP contribution >= 0.6 is 0 Å². The third-order valence-electron chi connectivity index (χ3n) is 2.83. The van der Waals surface area contributed by atoms with Gasteiger partial charge in [0.15, 0.2) is 15.5 Å². The number of sulfone groups is 1. The van der Waals surface area contributed by atoms with Gasteiger partial charge in [-0.25, -0.2) is 12.9 Å². The monoisotopic (exact) mass is 289 g/mol. The van der Waals surface area contributed by atoms with Gasteiger partial charge in [0.1, 0.15) is 0 Å². The van der Waals surface area contributed by atoms with E-state index in [9.17, 15) is 8.42 Å². The van der Waals surface area contributed by atoms with E-state index in [-0.39, 0.29) is 10.8 Å². The zero-order valence-electron chi connectivity index (χ0n) is 10.6. The Morgan fingerprint density at radius 2 is 2.00 bits per heavy atom. The average Bonchev–Trinajstić information content (AvgIpc) is 2.77. The number of rotatable bonds is 2. The number of hydrogen-bond donors (Lipinski definition) is 1. The van der Waals surface area contributed by atoms with Crippen molar-refractivity contribution >= 4 is 21.4 Å². The highest BCUT2D eigenvalue weighted by atomic mass is 32.2. The standard InChI is InChI=1S/C12H11N5O2S/c1-20(18,19)10-4-9(6-14-7-10)8-2-3-17-11(5-8)15-12(13)16-17/h2-7H,1H3,(H2,13,16). The van der Waals surface area contributed by atoms with E-state index in [1.807, 2.05) is 0 Å². The fourth-order valence-corrected chi connectivity index (χ4v) is 2.45. The number of nitrogen functional groups attached to an aromatic ring is 1. The zero-order valence-corrected chi connectivity index (χ0v) is 11.4. The molecule has 0 radical (unpaired) electrons. The lowest BCUT2D eigenvalue weighted by Gasteiger charge is -2.03. The second-order valence-electron chi connectivity index (χ2n) is 4.37. The lowest BCUT2D eigenvalue weighted by molar-refractivity contribution is 0.601. The summed E-state index contributed by atoms with van der Waals surface area (Å²) in [6, 6.07) is 5.14. The zero-order chi connectivity index (χ0) is 14.3. The van der Waals surface area contributed by atoms with Crippen molar-refractivity contribution < 1.29 is 8.42 Å². The van der Waals surface area contributed by atoms with Gasteiger partial charge in [0, 0.05) is 30.4 Å². The van der Waals surface area contributed by atoms with Crippen molar-refractivity contribution in [3.63, 3.8) is 0 Å². The summed E-state index contributed by atoms with van der Waals surface area (Å²) < 4.78 is 24.6. The van der Waals surface area contributed by atoms with Gasteiger partial charge in [0.25, 0.3) is 0 Å². The van der Waals surface area contributed by atoms with Crippen LogP contribution in [0.25, 0.3) is 16.8 Å². The summed E-state index contributed by atoms with van der Waals surface area (Å²) in [6.07, 6.45) is 5.78. The summed E-state index contributed by atoms with van der Waals surface area (Å²) in [4.78, 5) is 8.20. The van der Waals surface area contributed by atoms with Crippen LogP contribution in [-0.2, 0) is 9.84 Å². The topological polar surface area (TPSA) is 103 Å². The Morgan fingerprint density at radius 3 is 2.75 bits per heavy atom. The molecule has 3 heterocycles. The molecule has 3 rings (SSSR count). The van der Waals surface area contributed by atoms with Crippen LogP contribution in [0.5, 0.6) is 0 Å². The van der Waals surface area contributed by atoms with E-state index in [0.29, 0.717) is 11.2 Å². The molecule has 102 valence electrons. The van der Waals surface area contributed by atoms with Crippen molar-refractivity contribution in [3.8, 4) is 11.1 Å². The number of aromatic nitrogens is 4. The van der Waals surface area contributed by atoms with Gasteiger partial charge in [-0.15, -0.1) is 5.10 Å². The molecule has 3 aromatic rings. The van der Waals surface area contributed by atoms with Crippen LogP contribution in [0.2, 0.25) is 0 Å². The first-order valence-corrected chi connectivity index (χ1v) is 7.60. The molecule has 0 amide bonds. The third-order valence-corrected chi connectivity index (χ3v) is 3.91. The smallest absolute Gasteiger partial charge is 0.240 e. The third kappa shape index (κ3) is 2.21. The highest BCUT2D eigenvalue weighted by Crippen LogP contribution is 2.22. The van der Waals surface area contributed by atoms with Crippen LogP contribution in [0.15, 0.2) is 41.7 Å². The summed E-state index contributed by atoms with van der Waals surface area (Å²) in [5.74, 6) is 0.185. The molecule has 0 unspecified atom stereocenters. The Hall–Kier alpha value is -2.48. The lowest BCUT2D eigenvalue weighted by Crippen LogP contribution is -1.98. The van der Waals surface area contributed by atoms with Crippen LogP contribution in [0, 0.1) is 0 Å². The molecular weight excluding hydrogens is 278 g/mol. The number of anilines is 1. The Morgan fingerprint density at radius 1 is 1.20 bits per heavy atom. The van der Waals surface area contributed by atoms with Crippen molar-refractivity contribution in [3.05, 3.63) is 36.8 Å². The molecule has 0 atom stereocenters. The first-order chi connectivity index (χ1) is 9.43. The molecule has 0 fully saturated rings. The maximum absolute atomic E-state index is 11.5. The van der Waals surface area contributed by atoms with E-state index in [2.05, 4.69) is 15.1 Å². The molecule has 0 aliphatic carbocycles. The van der Waals surface area contributed by atoms with Gasteiger partial charge in [-0.2, -0.15) is 4.98 Å². The van der Waals surface area contributed by atoms with Gasteiger partial charge < -0.3 is 5.73 Å². The number of hydrogen-bond acceptors (Lipinski definition) is 6. The highest BCUT2D eigenvalue weighted by molar-refractivity contribution is 7.90. The largest absolute Gasteiger partial charge is 0.366 e. The number of fused-ring (bicyclic) bond motifs is 1. The molecule has 7 nitrogen and oxygen atoms in total. The summed E-state index contributed by atoms with van der Waals surface area (Å²) in [5, 5.41) is 3.98. The van der Waals surface area contributed by atoms with E-state index < -0.39 is 9.84 Å². The number of nitrogens with two attached hydrogens (primary N) is 1. The molecule has 0 aromatic carbocycles. The van der Waals surface area contributed by atoms with E-state index in [1.54, 1.807) is 35.1 Å². The predicted molar refractivity (Wildman–Crippen MR) is 73.7 cm³/mol. The Balaban J connectivity index is 2.15. The van der Waals surface area contributed by atoms with Crippen LogP contribution in [-0.4, -0.2) is 34.3 Å². The van der Waals surface area contributed by atoms with Crippen molar-refractivity contribution in [1.82, 2.24) is 19.6 Å². The minimum Gasteiger partial charge on any atom is -0.366 e. The van der Waals surface area contributed by atoms with E-state index in [4.69, 9.17) is 5.73 Å². The van der Waals surface area contributed by atoms with Crippen molar-refractivity contribution in [2.24, 2.45) is 0 Å². The Labute approximate surface area is 115 Å². The van der Waals surface area contributed by atoms with Crippen LogP contribution < -0.4 is 5.73 Å². The van der Waals surface area contributed by atoms with Crippen LogP contribution in [0.1, 0.15) is 0 Å². The molecule has 0 saturated carbocycles. The molecule has 0 aliphatic rings. The highest BCUT2D eigenvalue weighted by Gasteiger charge is 2.10. The van der Waals surface area contributed by atoms with E-state index in [0.717, 1.165) is 11.8 Å². The van der Waals surface area contributed by atoms with Gasteiger partial charge >= 0.3 is 0 Å². The average molecular weight is 289 g/mol. The second-order valence-corrected chi connectivity index (χ2v) is 6.39. The first-order valence-electron chi connectivity index (χ1n) is 5.71. The Kier molecular flexibility index (Phi) is 2.68. The van der Waals surface area contributed by atoms with Gasteiger partial charge in [-0.05, 0) is 23.8 Å². The number of pyridine rings is 2. The maximum atomic E-state index is 11.5. The second kappa shape index (κ2) is 4.27. The molecule has 0 saturated heterocycles. The summed E-state index contributed by atoms with van der Waals surface area (Å²) in [6.45, 7) is 0. The molecule has 0 bridgehead atoms. The van der Waals surface area contributed by atoms with Gasteiger partial charge in [0.2, 0.25) is 5.95 Å². The molecule has 20 heavy (non-hydrogen) atoms. The summed E-state index contributed by atoms with van der Waals surface area (Å²) in [5.41, 5.74) is 7.60. The number of nitrogens with zero attached hydrogens (tertiary/aromatic N) is 4. The van der Waals surface area contributed by atoms with Crippen molar-refractivity contribution in [1.29, 1.82) is 0 Å². The van der Waals surface area contributed by atoms with Crippen molar-refractivity contribution in [2.75, 3.05) is 12.0 Å². The molecule has 8 heteroatoms. The molecular formula is C12H11N5O2S.